The van der Waals surface area contributed by atoms with Gasteiger partial charge in [0.2, 0.25) is 11.8 Å². The second-order valence-electron chi connectivity index (χ2n) is 12.4. The molecule has 2 unspecified atom stereocenters. The molecule has 5 rings (SSSR count). The number of sulfonamides is 1. The van der Waals surface area contributed by atoms with Crippen molar-refractivity contribution in [2.75, 3.05) is 10.8 Å². The van der Waals surface area contributed by atoms with Gasteiger partial charge in [-0.2, -0.15) is 0 Å². The van der Waals surface area contributed by atoms with Gasteiger partial charge < -0.3 is 15.0 Å². The van der Waals surface area contributed by atoms with Gasteiger partial charge in [0.1, 0.15) is 29.9 Å². The molecule has 0 spiro atoms. The summed E-state index contributed by atoms with van der Waals surface area (Å²) in [5, 5.41) is 2.99. The van der Waals surface area contributed by atoms with Gasteiger partial charge in [0.15, 0.2) is 0 Å². The van der Waals surface area contributed by atoms with Crippen LogP contribution in [0.3, 0.4) is 0 Å². The molecule has 5 aromatic rings. The van der Waals surface area contributed by atoms with E-state index < -0.39 is 40.2 Å². The Kier molecular flexibility index (Phi) is 12.2. The third-order valence-electron chi connectivity index (χ3n) is 8.56. The molecule has 0 radical (unpaired) electrons. The summed E-state index contributed by atoms with van der Waals surface area (Å²) in [5.41, 5.74) is 2.05. The van der Waals surface area contributed by atoms with Crippen molar-refractivity contribution in [3.8, 4) is 11.5 Å². The first kappa shape index (κ1) is 36.8. The Morgan fingerprint density at radius 3 is 2.00 bits per heavy atom. The van der Waals surface area contributed by atoms with Gasteiger partial charge in [-0.05, 0) is 80.4 Å². The largest absolute Gasteiger partial charge is 0.457 e. The number of aryl methyl sites for hydroxylation is 1. The fourth-order valence-corrected chi connectivity index (χ4v) is 6.89. The van der Waals surface area contributed by atoms with Crippen LogP contribution in [-0.2, 0) is 32.6 Å². The van der Waals surface area contributed by atoms with Gasteiger partial charge in [-0.3, -0.25) is 13.9 Å². The van der Waals surface area contributed by atoms with Crippen molar-refractivity contribution in [2.45, 2.75) is 57.1 Å². The minimum atomic E-state index is -4.31. The lowest BCUT2D eigenvalue weighted by Crippen LogP contribution is -2.54. The molecule has 0 aliphatic carbocycles. The van der Waals surface area contributed by atoms with Crippen LogP contribution >= 0.6 is 0 Å². The van der Waals surface area contributed by atoms with Crippen LogP contribution in [0.1, 0.15) is 37.0 Å². The summed E-state index contributed by atoms with van der Waals surface area (Å²) in [6.45, 7) is 4.72. The summed E-state index contributed by atoms with van der Waals surface area (Å²) >= 11 is 0. The van der Waals surface area contributed by atoms with E-state index in [1.807, 2.05) is 69.3 Å². The van der Waals surface area contributed by atoms with E-state index in [9.17, 15) is 18.0 Å². The number of ether oxygens (including phenoxy) is 1. The highest BCUT2D eigenvalue weighted by atomic mass is 32.2. The number of carbonyl (C=O) groups excluding carboxylic acids is 2. The molecule has 2 amide bonds. The van der Waals surface area contributed by atoms with Gasteiger partial charge in [-0.15, -0.1) is 0 Å². The highest BCUT2D eigenvalue weighted by Crippen LogP contribution is 2.29. The second-order valence-corrected chi connectivity index (χ2v) is 14.2. The summed E-state index contributed by atoms with van der Waals surface area (Å²) < 4.78 is 50.8. The standard InChI is InChI=1S/C41H42FN3O5S/c1-4-31(3)43-41(47)39(27-32-13-7-5-8-14-32)44(28-33-15-11-12-18-38(33)42)40(46)29-45(51(48,49)37-25-19-30(2)20-26-37)34-21-23-36(24-22-34)50-35-16-9-6-10-17-35/h5-26,31,39H,4,27-29H2,1-3H3,(H,43,47). The maximum absolute atomic E-state index is 15.2. The lowest BCUT2D eigenvalue weighted by Gasteiger charge is -2.34. The normalized spacial score (nSPS) is 12.4. The zero-order valence-corrected chi connectivity index (χ0v) is 29.7. The molecule has 264 valence electrons. The van der Waals surface area contributed by atoms with E-state index in [2.05, 4.69) is 5.32 Å². The van der Waals surface area contributed by atoms with Crippen LogP contribution in [0.4, 0.5) is 10.1 Å². The molecule has 5 aromatic carbocycles. The number of amides is 2. The summed E-state index contributed by atoms with van der Waals surface area (Å²) in [7, 11) is -4.31. The van der Waals surface area contributed by atoms with E-state index in [-0.39, 0.29) is 35.2 Å². The van der Waals surface area contributed by atoms with Crippen molar-refractivity contribution in [3.63, 3.8) is 0 Å². The van der Waals surface area contributed by atoms with Gasteiger partial charge in [0.25, 0.3) is 10.0 Å². The van der Waals surface area contributed by atoms with Gasteiger partial charge in [-0.25, -0.2) is 12.8 Å². The lowest BCUT2D eigenvalue weighted by molar-refractivity contribution is -0.140. The Morgan fingerprint density at radius 1 is 0.784 bits per heavy atom. The molecule has 2 atom stereocenters. The predicted molar refractivity (Wildman–Crippen MR) is 197 cm³/mol. The number of rotatable bonds is 15. The molecule has 0 saturated heterocycles. The smallest absolute Gasteiger partial charge is 0.264 e. The number of para-hydroxylation sites is 1. The first-order valence-electron chi connectivity index (χ1n) is 16.8. The van der Waals surface area contributed by atoms with E-state index in [1.165, 1.54) is 23.1 Å². The highest BCUT2D eigenvalue weighted by molar-refractivity contribution is 7.92. The number of hydrogen-bond donors (Lipinski definition) is 1. The van der Waals surface area contributed by atoms with E-state index in [0.717, 1.165) is 15.4 Å². The van der Waals surface area contributed by atoms with Crippen LogP contribution in [-0.4, -0.2) is 43.8 Å². The number of benzene rings is 5. The molecule has 0 aliphatic heterocycles. The van der Waals surface area contributed by atoms with E-state index in [4.69, 9.17) is 4.74 Å². The minimum Gasteiger partial charge on any atom is -0.457 e. The number of carbonyl (C=O) groups is 2. The van der Waals surface area contributed by atoms with Crippen LogP contribution in [0.15, 0.2) is 138 Å². The molecule has 10 heteroatoms. The van der Waals surface area contributed by atoms with Gasteiger partial charge >= 0.3 is 0 Å². The Morgan fingerprint density at radius 2 is 1.37 bits per heavy atom. The summed E-state index contributed by atoms with van der Waals surface area (Å²) in [6, 6.07) is 35.9. The van der Waals surface area contributed by atoms with Gasteiger partial charge in [0, 0.05) is 24.6 Å². The average Bonchev–Trinajstić information content (AvgIpc) is 3.14. The molecule has 0 saturated carbocycles. The predicted octanol–water partition coefficient (Wildman–Crippen LogP) is 7.68. The van der Waals surface area contributed by atoms with Crippen LogP contribution in [0.5, 0.6) is 11.5 Å². The Bertz CT molecular complexity index is 2010. The van der Waals surface area contributed by atoms with Crippen LogP contribution in [0.2, 0.25) is 0 Å². The van der Waals surface area contributed by atoms with Crippen molar-refractivity contribution in [2.24, 2.45) is 0 Å². The third-order valence-corrected chi connectivity index (χ3v) is 10.4. The molecule has 0 aliphatic rings. The van der Waals surface area contributed by atoms with Crippen LogP contribution in [0.25, 0.3) is 0 Å². The molecule has 0 aromatic heterocycles. The highest BCUT2D eigenvalue weighted by Gasteiger charge is 2.35. The Balaban J connectivity index is 1.57. The van der Waals surface area contributed by atoms with E-state index in [0.29, 0.717) is 17.9 Å². The fourth-order valence-electron chi connectivity index (χ4n) is 5.48. The quantitative estimate of drug-likeness (QED) is 0.121. The zero-order chi connectivity index (χ0) is 36.4. The second kappa shape index (κ2) is 17.0. The maximum atomic E-state index is 15.2. The third kappa shape index (κ3) is 9.61. The molecule has 8 nitrogen and oxygen atoms in total. The number of hydrogen-bond acceptors (Lipinski definition) is 5. The number of halogens is 1. The van der Waals surface area contributed by atoms with Gasteiger partial charge in [-0.1, -0.05) is 91.3 Å². The summed E-state index contributed by atoms with van der Waals surface area (Å²) in [6.07, 6.45) is 0.775. The number of nitrogens with zero attached hydrogens (tertiary/aromatic N) is 2. The molecule has 0 fully saturated rings. The van der Waals surface area contributed by atoms with E-state index >= 15 is 4.39 Å². The lowest BCUT2D eigenvalue weighted by atomic mass is 10.0. The molecule has 0 bridgehead atoms. The zero-order valence-electron chi connectivity index (χ0n) is 28.9. The summed E-state index contributed by atoms with van der Waals surface area (Å²) in [5.74, 6) is -0.579. The van der Waals surface area contributed by atoms with Crippen molar-refractivity contribution in [1.29, 1.82) is 0 Å². The first-order chi connectivity index (χ1) is 24.5. The van der Waals surface area contributed by atoms with Crippen molar-refractivity contribution in [1.82, 2.24) is 10.2 Å². The van der Waals surface area contributed by atoms with Crippen molar-refractivity contribution in [3.05, 3.63) is 156 Å². The van der Waals surface area contributed by atoms with E-state index in [1.54, 1.807) is 66.7 Å². The molecular formula is C41H42FN3O5S. The molecule has 51 heavy (non-hydrogen) atoms. The minimum absolute atomic E-state index is 0.0125. The van der Waals surface area contributed by atoms with Gasteiger partial charge in [0.05, 0.1) is 10.6 Å². The number of nitrogens with one attached hydrogen (secondary N) is 1. The average molecular weight is 708 g/mol. The van der Waals surface area contributed by atoms with Crippen LogP contribution < -0.4 is 14.4 Å². The van der Waals surface area contributed by atoms with Crippen molar-refractivity contribution >= 4 is 27.5 Å². The molecule has 1 N–H and O–H groups in total. The topological polar surface area (TPSA) is 96.0 Å². The Labute approximate surface area is 299 Å². The van der Waals surface area contributed by atoms with Crippen molar-refractivity contribution < 1.29 is 27.1 Å². The molecular weight excluding hydrogens is 666 g/mol. The Hall–Kier alpha value is -5.48. The number of anilines is 1. The monoisotopic (exact) mass is 707 g/mol. The summed E-state index contributed by atoms with van der Waals surface area (Å²) in [4.78, 5) is 29.9. The van der Waals surface area contributed by atoms with Crippen LogP contribution in [0, 0.1) is 12.7 Å². The maximum Gasteiger partial charge on any atom is 0.264 e. The fraction of sp³-hybridized carbons (Fsp3) is 0.220. The SMILES string of the molecule is CCC(C)NC(=O)C(Cc1ccccc1)N(Cc1ccccc1F)C(=O)CN(c1ccc(Oc2ccccc2)cc1)S(=O)(=O)c1ccc(C)cc1. The first-order valence-corrected chi connectivity index (χ1v) is 18.3. The molecule has 0 heterocycles.